The van der Waals surface area contributed by atoms with Crippen molar-refractivity contribution in [3.8, 4) is 5.75 Å². The normalized spacial score (nSPS) is 20.0. The highest BCUT2D eigenvalue weighted by Gasteiger charge is 2.30. The quantitative estimate of drug-likeness (QED) is 0.685. The van der Waals surface area contributed by atoms with Crippen molar-refractivity contribution in [2.45, 2.75) is 25.2 Å². The number of nitrogens with one attached hydrogen (secondary N) is 1. The van der Waals surface area contributed by atoms with Gasteiger partial charge in [-0.05, 0) is 73.7 Å². The number of hydrogen-bond acceptors (Lipinski definition) is 4. The number of halogens is 1. The molecule has 2 heterocycles. The first kappa shape index (κ1) is 21.4. The van der Waals surface area contributed by atoms with Crippen LogP contribution in [-0.4, -0.2) is 53.5 Å². The molecule has 2 aromatic carbocycles. The number of carbonyl (C=O) groups is 1. The number of hydrogen-bond donors (Lipinski definition) is 2. The summed E-state index contributed by atoms with van der Waals surface area (Å²) in [4.78, 5) is 17.2. The number of carbonyl (C=O) groups excluding carboxylic acids is 1. The molecule has 4 rings (SSSR count). The van der Waals surface area contributed by atoms with Gasteiger partial charge in [0, 0.05) is 37.6 Å². The third-order valence-corrected chi connectivity index (χ3v) is 6.47. The van der Waals surface area contributed by atoms with E-state index in [4.69, 9.17) is 0 Å². The van der Waals surface area contributed by atoms with Gasteiger partial charge in [0.2, 0.25) is 5.91 Å². The molecule has 1 amide bonds. The lowest BCUT2D eigenvalue weighted by Crippen LogP contribution is -2.37. The van der Waals surface area contributed by atoms with Crippen LogP contribution in [0.15, 0.2) is 60.8 Å². The number of nitrogens with zero attached hydrogens (tertiary/aromatic N) is 2. The van der Waals surface area contributed by atoms with E-state index in [2.05, 4.69) is 21.7 Å². The predicted molar refractivity (Wildman–Crippen MR) is 120 cm³/mol. The molecule has 6 heteroatoms. The zero-order chi connectivity index (χ0) is 21.8. The monoisotopic (exact) mass is 423 g/mol. The van der Waals surface area contributed by atoms with E-state index in [0.717, 1.165) is 57.7 Å². The number of anilines is 1. The molecule has 2 saturated heterocycles. The maximum atomic E-state index is 13.2. The highest BCUT2D eigenvalue weighted by molar-refractivity contribution is 5.92. The average molecular weight is 424 g/mol. The number of benzene rings is 2. The molecule has 2 aliphatic heterocycles. The molecular weight excluding hydrogens is 393 g/mol. The molecule has 1 unspecified atom stereocenters. The summed E-state index contributed by atoms with van der Waals surface area (Å²) >= 11 is 0. The van der Waals surface area contributed by atoms with Crippen LogP contribution >= 0.6 is 0 Å². The number of amides is 1. The summed E-state index contributed by atoms with van der Waals surface area (Å²) in [5.41, 5.74) is 3.03. The third-order valence-electron chi connectivity index (χ3n) is 6.47. The van der Waals surface area contributed by atoms with Gasteiger partial charge in [0.15, 0.2) is 0 Å². The lowest BCUT2D eigenvalue weighted by molar-refractivity contribution is -0.119. The number of aromatic hydroxyl groups is 1. The highest BCUT2D eigenvalue weighted by atomic mass is 19.1. The van der Waals surface area contributed by atoms with Crippen molar-refractivity contribution >= 4 is 11.6 Å². The summed E-state index contributed by atoms with van der Waals surface area (Å²) in [6, 6.07) is 13.4. The molecule has 5 nitrogen and oxygen atoms in total. The second kappa shape index (κ2) is 9.52. The van der Waals surface area contributed by atoms with Gasteiger partial charge in [0.25, 0.3) is 0 Å². The Morgan fingerprint density at radius 1 is 1.03 bits per heavy atom. The first-order valence-electron chi connectivity index (χ1n) is 11.0. The number of likely N-dealkylation sites (tertiary alicyclic amines) is 2. The molecule has 0 aliphatic carbocycles. The Hall–Kier alpha value is -2.86. The van der Waals surface area contributed by atoms with E-state index in [-0.39, 0.29) is 23.4 Å². The first-order chi connectivity index (χ1) is 15.0. The predicted octanol–water partition coefficient (Wildman–Crippen LogP) is 4.19. The van der Waals surface area contributed by atoms with Crippen molar-refractivity contribution in [2.75, 3.05) is 38.0 Å². The maximum Gasteiger partial charge on any atom is 0.228 e. The van der Waals surface area contributed by atoms with Crippen molar-refractivity contribution in [3.05, 3.63) is 72.2 Å². The molecule has 0 bridgehead atoms. The number of phenols is 1. The molecular formula is C25H30FN3O2. The largest absolute Gasteiger partial charge is 0.508 e. The van der Waals surface area contributed by atoms with Crippen molar-refractivity contribution in [1.29, 1.82) is 0 Å². The molecule has 31 heavy (non-hydrogen) atoms. The summed E-state index contributed by atoms with van der Waals surface area (Å²) in [6.45, 7) is 8.62. The molecule has 0 radical (unpaired) electrons. The molecule has 0 saturated carbocycles. The second-order valence-electron chi connectivity index (χ2n) is 8.64. The second-order valence-corrected chi connectivity index (χ2v) is 8.64. The Morgan fingerprint density at radius 2 is 1.71 bits per heavy atom. The van der Waals surface area contributed by atoms with Gasteiger partial charge in [0.05, 0.1) is 5.92 Å². The average Bonchev–Trinajstić information content (AvgIpc) is 3.25. The summed E-state index contributed by atoms with van der Waals surface area (Å²) in [6.07, 6.45) is 2.93. The van der Waals surface area contributed by atoms with Crippen molar-refractivity contribution in [3.63, 3.8) is 0 Å². The Balaban J connectivity index is 1.22. The fourth-order valence-electron chi connectivity index (χ4n) is 4.60. The fraction of sp³-hybridized carbons (Fsp3) is 0.400. The van der Waals surface area contributed by atoms with Gasteiger partial charge in [-0.2, -0.15) is 0 Å². The van der Waals surface area contributed by atoms with E-state index in [1.807, 2.05) is 12.1 Å². The molecule has 2 N–H and O–H groups in total. The molecule has 0 spiro atoms. The molecule has 2 aliphatic rings. The van der Waals surface area contributed by atoms with Crippen LogP contribution in [0.5, 0.6) is 5.75 Å². The van der Waals surface area contributed by atoms with Crippen LogP contribution < -0.4 is 5.32 Å². The Bertz CT molecular complexity index is 905. The minimum atomic E-state index is -0.185. The first-order valence-corrected chi connectivity index (χ1v) is 11.0. The number of phenolic OH excluding ortho intramolecular Hbond substituents is 1. The molecule has 0 aromatic heterocycles. The molecule has 1 atom stereocenters. The third kappa shape index (κ3) is 5.44. The van der Waals surface area contributed by atoms with Crippen LogP contribution in [0.3, 0.4) is 0 Å². The molecule has 2 fully saturated rings. The van der Waals surface area contributed by atoms with Crippen molar-refractivity contribution < 1.29 is 14.3 Å². The smallest absolute Gasteiger partial charge is 0.228 e. The van der Waals surface area contributed by atoms with Crippen LogP contribution in [-0.2, 0) is 4.79 Å². The Kier molecular flexibility index (Phi) is 6.56. The van der Waals surface area contributed by atoms with Gasteiger partial charge in [0.1, 0.15) is 11.6 Å². The Morgan fingerprint density at radius 3 is 2.39 bits per heavy atom. The van der Waals surface area contributed by atoms with Crippen LogP contribution in [0.4, 0.5) is 10.1 Å². The number of rotatable bonds is 6. The van der Waals surface area contributed by atoms with Gasteiger partial charge < -0.3 is 15.3 Å². The van der Waals surface area contributed by atoms with Crippen molar-refractivity contribution in [1.82, 2.24) is 9.80 Å². The van der Waals surface area contributed by atoms with Gasteiger partial charge >= 0.3 is 0 Å². The minimum absolute atomic E-state index is 0.0268. The Labute approximate surface area is 183 Å². The SMILES string of the molecule is C=C(CN1CCC(C(=O)Nc2ccc(O)cc2)C1)N1CCC(c2ccc(F)cc2)CC1. The van der Waals surface area contributed by atoms with E-state index in [0.29, 0.717) is 11.6 Å². The van der Waals surface area contributed by atoms with Gasteiger partial charge in [-0.25, -0.2) is 4.39 Å². The van der Waals surface area contributed by atoms with Gasteiger partial charge in [-0.15, -0.1) is 0 Å². The summed E-state index contributed by atoms with van der Waals surface area (Å²) in [7, 11) is 0. The fourth-order valence-corrected chi connectivity index (χ4v) is 4.60. The number of piperidine rings is 1. The summed E-state index contributed by atoms with van der Waals surface area (Å²) < 4.78 is 13.2. The lowest BCUT2D eigenvalue weighted by Gasteiger charge is -2.36. The minimum Gasteiger partial charge on any atom is -0.508 e. The highest BCUT2D eigenvalue weighted by Crippen LogP contribution is 2.30. The van der Waals surface area contributed by atoms with E-state index in [1.165, 1.54) is 5.56 Å². The maximum absolute atomic E-state index is 13.2. The molecule has 2 aromatic rings. The van der Waals surface area contributed by atoms with Gasteiger partial charge in [-0.1, -0.05) is 18.7 Å². The standard InChI is InChI=1S/C25H30FN3O2/c1-18(29-14-11-20(12-15-29)19-2-4-22(26)5-3-19)16-28-13-10-21(17-28)25(31)27-23-6-8-24(30)9-7-23/h2-9,20-21,30H,1,10-17H2,(H,27,31). The van der Waals surface area contributed by atoms with Crippen LogP contribution in [0.1, 0.15) is 30.7 Å². The molecule has 164 valence electrons. The van der Waals surface area contributed by atoms with E-state index >= 15 is 0 Å². The van der Waals surface area contributed by atoms with Crippen LogP contribution in [0.2, 0.25) is 0 Å². The van der Waals surface area contributed by atoms with Crippen LogP contribution in [0, 0.1) is 11.7 Å². The topological polar surface area (TPSA) is 55.8 Å². The zero-order valence-corrected chi connectivity index (χ0v) is 17.8. The van der Waals surface area contributed by atoms with Crippen molar-refractivity contribution in [2.24, 2.45) is 5.92 Å². The van der Waals surface area contributed by atoms with E-state index in [9.17, 15) is 14.3 Å². The zero-order valence-electron chi connectivity index (χ0n) is 17.8. The van der Waals surface area contributed by atoms with E-state index in [1.54, 1.807) is 36.4 Å². The summed E-state index contributed by atoms with van der Waals surface area (Å²) in [5, 5.41) is 12.3. The van der Waals surface area contributed by atoms with Crippen LogP contribution in [0.25, 0.3) is 0 Å². The van der Waals surface area contributed by atoms with E-state index < -0.39 is 0 Å². The summed E-state index contributed by atoms with van der Waals surface area (Å²) in [5.74, 6) is 0.467. The lowest BCUT2D eigenvalue weighted by atomic mass is 9.89. The van der Waals surface area contributed by atoms with Gasteiger partial charge in [-0.3, -0.25) is 9.69 Å².